The zero-order valence-electron chi connectivity index (χ0n) is 17.6. The van der Waals surface area contributed by atoms with Gasteiger partial charge in [0, 0.05) is 44.4 Å². The second-order valence-electron chi connectivity index (χ2n) is 6.27. The van der Waals surface area contributed by atoms with E-state index in [1.807, 2.05) is 67.3 Å². The molecule has 0 fully saturated rings. The number of aliphatic imine (C=N–C) groups is 1. The first-order valence-electron chi connectivity index (χ1n) is 9.57. The van der Waals surface area contributed by atoms with Gasteiger partial charge in [0.1, 0.15) is 5.75 Å². The highest BCUT2D eigenvalue weighted by Gasteiger charge is 2.12. The first kappa shape index (κ1) is 24.7. The van der Waals surface area contributed by atoms with Gasteiger partial charge in [-0.15, -0.1) is 24.0 Å². The molecule has 0 bridgehead atoms. The number of carbonyl (C=O) groups is 1. The number of para-hydroxylation sites is 1. The van der Waals surface area contributed by atoms with Crippen LogP contribution in [0.15, 0.2) is 53.5 Å². The third-order valence-corrected chi connectivity index (χ3v) is 4.57. The molecule has 0 aliphatic carbocycles. The molecule has 0 atom stereocenters. The van der Waals surface area contributed by atoms with Crippen LogP contribution in [0.2, 0.25) is 0 Å². The fourth-order valence-corrected chi connectivity index (χ4v) is 2.89. The molecule has 0 aliphatic heterocycles. The first-order valence-corrected chi connectivity index (χ1v) is 9.57. The van der Waals surface area contributed by atoms with Gasteiger partial charge in [0.2, 0.25) is 0 Å². The average molecular weight is 510 g/mol. The van der Waals surface area contributed by atoms with E-state index in [1.54, 1.807) is 14.2 Å². The van der Waals surface area contributed by atoms with Crippen molar-refractivity contribution in [2.24, 2.45) is 4.99 Å². The van der Waals surface area contributed by atoms with Crippen molar-refractivity contribution in [1.29, 1.82) is 0 Å². The van der Waals surface area contributed by atoms with Crippen LogP contribution in [0.5, 0.6) is 5.75 Å². The number of hydrogen-bond acceptors (Lipinski definition) is 3. The number of amides is 1. The summed E-state index contributed by atoms with van der Waals surface area (Å²) in [5.74, 6) is 1.62. The molecule has 1 amide bonds. The molecule has 0 aliphatic rings. The SMILES string of the molecule is CCN(CC)C(=O)c1ccc(CNC(=NC)NCc2ccccc2OC)cc1.I. The zero-order valence-corrected chi connectivity index (χ0v) is 19.9. The zero-order chi connectivity index (χ0) is 20.4. The van der Waals surface area contributed by atoms with E-state index in [4.69, 9.17) is 4.74 Å². The minimum Gasteiger partial charge on any atom is -0.496 e. The summed E-state index contributed by atoms with van der Waals surface area (Å²) in [6, 6.07) is 15.6. The molecule has 0 aromatic heterocycles. The monoisotopic (exact) mass is 510 g/mol. The highest BCUT2D eigenvalue weighted by Crippen LogP contribution is 2.16. The quantitative estimate of drug-likeness (QED) is 0.323. The predicted molar refractivity (Wildman–Crippen MR) is 129 cm³/mol. The van der Waals surface area contributed by atoms with Gasteiger partial charge in [-0.05, 0) is 37.6 Å². The van der Waals surface area contributed by atoms with E-state index >= 15 is 0 Å². The van der Waals surface area contributed by atoms with E-state index in [0.29, 0.717) is 37.7 Å². The Hall–Kier alpha value is -2.29. The lowest BCUT2D eigenvalue weighted by molar-refractivity contribution is 0.0773. The molecule has 158 valence electrons. The number of ether oxygens (including phenoxy) is 1. The third-order valence-electron chi connectivity index (χ3n) is 4.57. The highest BCUT2D eigenvalue weighted by atomic mass is 127. The number of rotatable bonds is 8. The van der Waals surface area contributed by atoms with Crippen molar-refractivity contribution >= 4 is 35.8 Å². The lowest BCUT2D eigenvalue weighted by Crippen LogP contribution is -2.36. The van der Waals surface area contributed by atoms with Crippen molar-refractivity contribution in [3.8, 4) is 5.75 Å². The van der Waals surface area contributed by atoms with Gasteiger partial charge in [-0.2, -0.15) is 0 Å². The predicted octanol–water partition coefficient (Wildman–Crippen LogP) is 3.66. The van der Waals surface area contributed by atoms with Crippen LogP contribution in [0.1, 0.15) is 35.3 Å². The Morgan fingerprint density at radius 2 is 1.62 bits per heavy atom. The Labute approximate surface area is 190 Å². The van der Waals surface area contributed by atoms with Gasteiger partial charge in [0.05, 0.1) is 7.11 Å². The summed E-state index contributed by atoms with van der Waals surface area (Å²) < 4.78 is 5.37. The maximum absolute atomic E-state index is 12.4. The number of nitrogens with one attached hydrogen (secondary N) is 2. The van der Waals surface area contributed by atoms with Crippen LogP contribution in [0.25, 0.3) is 0 Å². The van der Waals surface area contributed by atoms with Crippen LogP contribution in [-0.4, -0.2) is 44.0 Å². The van der Waals surface area contributed by atoms with Crippen molar-refractivity contribution in [3.63, 3.8) is 0 Å². The normalized spacial score (nSPS) is 10.7. The molecule has 2 aromatic carbocycles. The second-order valence-corrected chi connectivity index (χ2v) is 6.27. The van der Waals surface area contributed by atoms with Crippen molar-refractivity contribution in [2.75, 3.05) is 27.2 Å². The molecule has 2 rings (SSSR count). The lowest BCUT2D eigenvalue weighted by atomic mass is 10.1. The number of guanidine groups is 1. The lowest BCUT2D eigenvalue weighted by Gasteiger charge is -2.18. The van der Waals surface area contributed by atoms with Gasteiger partial charge in [-0.3, -0.25) is 9.79 Å². The molecule has 0 unspecified atom stereocenters. The summed E-state index contributed by atoms with van der Waals surface area (Å²) in [7, 11) is 3.41. The molecule has 2 N–H and O–H groups in total. The molecular weight excluding hydrogens is 479 g/mol. The molecule has 29 heavy (non-hydrogen) atoms. The van der Waals surface area contributed by atoms with Gasteiger partial charge in [0.15, 0.2) is 5.96 Å². The van der Waals surface area contributed by atoms with E-state index in [2.05, 4.69) is 15.6 Å². The summed E-state index contributed by atoms with van der Waals surface area (Å²) in [6.07, 6.45) is 0. The molecule has 2 aromatic rings. The van der Waals surface area contributed by atoms with Gasteiger partial charge in [-0.25, -0.2) is 0 Å². The minimum absolute atomic E-state index is 0. The van der Waals surface area contributed by atoms with Gasteiger partial charge in [0.25, 0.3) is 5.91 Å². The largest absolute Gasteiger partial charge is 0.496 e. The summed E-state index contributed by atoms with van der Waals surface area (Å²) >= 11 is 0. The van der Waals surface area contributed by atoms with Crippen LogP contribution in [0, 0.1) is 0 Å². The van der Waals surface area contributed by atoms with Crippen LogP contribution in [-0.2, 0) is 13.1 Å². The van der Waals surface area contributed by atoms with Gasteiger partial charge >= 0.3 is 0 Å². The van der Waals surface area contributed by atoms with E-state index < -0.39 is 0 Å². The summed E-state index contributed by atoms with van der Waals surface area (Å²) in [5.41, 5.74) is 2.86. The number of nitrogens with zero attached hydrogens (tertiary/aromatic N) is 2. The molecule has 0 heterocycles. The Morgan fingerprint density at radius 1 is 1.00 bits per heavy atom. The number of benzene rings is 2. The fourth-order valence-electron chi connectivity index (χ4n) is 2.89. The number of methoxy groups -OCH3 is 1. The average Bonchev–Trinajstić information content (AvgIpc) is 2.75. The smallest absolute Gasteiger partial charge is 0.253 e. The van der Waals surface area contributed by atoms with Crippen molar-refractivity contribution in [2.45, 2.75) is 26.9 Å². The number of halogens is 1. The van der Waals surface area contributed by atoms with Crippen LogP contribution in [0.3, 0.4) is 0 Å². The van der Waals surface area contributed by atoms with E-state index in [9.17, 15) is 4.79 Å². The maximum Gasteiger partial charge on any atom is 0.253 e. The van der Waals surface area contributed by atoms with Crippen LogP contribution >= 0.6 is 24.0 Å². The Bertz CT molecular complexity index is 790. The van der Waals surface area contributed by atoms with E-state index in [-0.39, 0.29) is 29.9 Å². The maximum atomic E-state index is 12.4. The molecule has 6 nitrogen and oxygen atoms in total. The summed E-state index contributed by atoms with van der Waals surface area (Å²) in [6.45, 7) is 6.64. The molecule has 0 saturated carbocycles. The Balaban J connectivity index is 0.00000420. The second kappa shape index (κ2) is 13.0. The highest BCUT2D eigenvalue weighted by molar-refractivity contribution is 14.0. The third kappa shape index (κ3) is 7.23. The Morgan fingerprint density at radius 3 is 2.21 bits per heavy atom. The van der Waals surface area contributed by atoms with Crippen molar-refractivity contribution in [3.05, 3.63) is 65.2 Å². The Kier molecular flexibility index (Phi) is 11.1. The van der Waals surface area contributed by atoms with E-state index in [0.717, 1.165) is 16.9 Å². The van der Waals surface area contributed by atoms with Crippen molar-refractivity contribution in [1.82, 2.24) is 15.5 Å². The molecule has 7 heteroatoms. The number of carbonyl (C=O) groups excluding carboxylic acids is 1. The molecular formula is C22H31IN4O2. The topological polar surface area (TPSA) is 66.0 Å². The van der Waals surface area contributed by atoms with Gasteiger partial charge < -0.3 is 20.3 Å². The number of hydrogen-bond donors (Lipinski definition) is 2. The standard InChI is InChI=1S/C22H30N4O2.HI/c1-5-26(6-2)21(27)18-13-11-17(12-14-18)15-24-22(23-3)25-16-19-9-7-8-10-20(19)28-4;/h7-14H,5-6,15-16H2,1-4H3,(H2,23,24,25);1H. The molecule has 0 saturated heterocycles. The van der Waals surface area contributed by atoms with Crippen LogP contribution < -0.4 is 15.4 Å². The fraction of sp³-hybridized carbons (Fsp3) is 0.364. The van der Waals surface area contributed by atoms with E-state index in [1.165, 1.54) is 0 Å². The van der Waals surface area contributed by atoms with Crippen molar-refractivity contribution < 1.29 is 9.53 Å². The summed E-state index contributed by atoms with van der Waals surface area (Å²) in [4.78, 5) is 18.4. The minimum atomic E-state index is 0. The molecule has 0 radical (unpaired) electrons. The first-order chi connectivity index (χ1) is 13.6. The summed E-state index contributed by atoms with van der Waals surface area (Å²) in [5, 5.41) is 6.58. The molecule has 0 spiro atoms. The van der Waals surface area contributed by atoms with Gasteiger partial charge in [-0.1, -0.05) is 30.3 Å². The van der Waals surface area contributed by atoms with Crippen LogP contribution in [0.4, 0.5) is 0 Å².